The molecule has 0 aliphatic rings. The maximum atomic E-state index is 13.2. The Morgan fingerprint density at radius 3 is 2.45 bits per heavy atom. The van der Waals surface area contributed by atoms with Crippen molar-refractivity contribution in [2.75, 3.05) is 10.0 Å². The number of carbonyl (C=O) groups is 1. The maximum absolute atomic E-state index is 13.2. The molecule has 0 saturated heterocycles. The zero-order valence-electron chi connectivity index (χ0n) is 15.7. The molecule has 150 valence electrons. The van der Waals surface area contributed by atoms with Gasteiger partial charge in [0.2, 0.25) is 0 Å². The topological polar surface area (TPSA) is 75.3 Å². The van der Waals surface area contributed by atoms with Crippen LogP contribution in [0.3, 0.4) is 0 Å². The van der Waals surface area contributed by atoms with E-state index in [1.807, 2.05) is 13.0 Å². The van der Waals surface area contributed by atoms with Crippen molar-refractivity contribution in [3.05, 3.63) is 87.6 Å². The van der Waals surface area contributed by atoms with Crippen LogP contribution in [0.1, 0.15) is 21.5 Å². The van der Waals surface area contributed by atoms with Crippen LogP contribution in [0.25, 0.3) is 0 Å². The van der Waals surface area contributed by atoms with Gasteiger partial charge in [-0.2, -0.15) is 0 Å². The lowest BCUT2D eigenvalue weighted by Gasteiger charge is -2.12. The molecule has 29 heavy (non-hydrogen) atoms. The molecular weight excluding hydrogens is 459 g/mol. The molecule has 0 heterocycles. The fourth-order valence-corrected chi connectivity index (χ4v) is 4.28. The van der Waals surface area contributed by atoms with Crippen LogP contribution >= 0.6 is 15.9 Å². The molecule has 3 aromatic rings. The van der Waals surface area contributed by atoms with Crippen molar-refractivity contribution in [2.45, 2.75) is 18.7 Å². The van der Waals surface area contributed by atoms with Crippen LogP contribution in [0, 0.1) is 19.7 Å². The van der Waals surface area contributed by atoms with E-state index in [4.69, 9.17) is 0 Å². The van der Waals surface area contributed by atoms with Crippen LogP contribution in [-0.2, 0) is 10.0 Å². The molecule has 0 fully saturated rings. The Morgan fingerprint density at radius 1 is 0.966 bits per heavy atom. The molecule has 3 rings (SSSR count). The largest absolute Gasteiger partial charge is 0.322 e. The minimum absolute atomic E-state index is 0.0469. The molecule has 0 aliphatic carbocycles. The lowest BCUT2D eigenvalue weighted by molar-refractivity contribution is 0.102. The Kier molecular flexibility index (Phi) is 6.04. The highest BCUT2D eigenvalue weighted by Crippen LogP contribution is 2.26. The van der Waals surface area contributed by atoms with Gasteiger partial charge in [0.05, 0.1) is 10.6 Å². The highest BCUT2D eigenvalue weighted by molar-refractivity contribution is 9.10. The molecular formula is C21H18BrFN2O3S. The number of amides is 1. The molecule has 0 saturated carbocycles. The molecule has 0 radical (unpaired) electrons. The summed E-state index contributed by atoms with van der Waals surface area (Å²) in [4.78, 5) is 12.5. The van der Waals surface area contributed by atoms with Gasteiger partial charge in [-0.05, 0) is 89.4 Å². The first-order chi connectivity index (χ1) is 13.7. The Hall–Kier alpha value is -2.71. The summed E-state index contributed by atoms with van der Waals surface area (Å²) < 4.78 is 41.9. The zero-order valence-corrected chi connectivity index (χ0v) is 18.1. The van der Waals surface area contributed by atoms with Gasteiger partial charge < -0.3 is 5.32 Å². The summed E-state index contributed by atoms with van der Waals surface area (Å²) in [6.45, 7) is 3.52. The number of sulfonamides is 1. The second-order valence-electron chi connectivity index (χ2n) is 6.53. The summed E-state index contributed by atoms with van der Waals surface area (Å²) in [5.74, 6) is -0.893. The fourth-order valence-electron chi connectivity index (χ4n) is 2.69. The molecule has 3 aromatic carbocycles. The molecule has 0 spiro atoms. The standard InChI is InChI=1S/C21H18BrFN2O3S/c1-13-6-8-18(22)20(10-13)25-29(27,28)17-5-3-4-15(12-17)21(26)24-19-9-7-16(23)11-14(19)2/h3-12,25H,1-2H3,(H,24,26). The number of hydrogen-bond acceptors (Lipinski definition) is 3. The van der Waals surface area contributed by atoms with Gasteiger partial charge >= 0.3 is 0 Å². The van der Waals surface area contributed by atoms with E-state index in [0.29, 0.717) is 21.4 Å². The molecule has 0 aromatic heterocycles. The monoisotopic (exact) mass is 476 g/mol. The van der Waals surface area contributed by atoms with Crippen molar-refractivity contribution in [1.29, 1.82) is 0 Å². The highest BCUT2D eigenvalue weighted by atomic mass is 79.9. The number of anilines is 2. The molecule has 0 atom stereocenters. The summed E-state index contributed by atoms with van der Waals surface area (Å²) in [6, 6.07) is 15.0. The van der Waals surface area contributed by atoms with E-state index in [1.54, 1.807) is 19.1 Å². The Labute approximate surface area is 177 Å². The van der Waals surface area contributed by atoms with E-state index < -0.39 is 21.7 Å². The summed E-state index contributed by atoms with van der Waals surface area (Å²) in [7, 11) is -3.90. The van der Waals surface area contributed by atoms with Crippen molar-refractivity contribution in [1.82, 2.24) is 0 Å². The molecule has 0 bridgehead atoms. The summed E-state index contributed by atoms with van der Waals surface area (Å²) in [6.07, 6.45) is 0. The minimum Gasteiger partial charge on any atom is -0.322 e. The third-order valence-electron chi connectivity index (χ3n) is 4.21. The van der Waals surface area contributed by atoms with Gasteiger partial charge in [0.1, 0.15) is 5.82 Å². The molecule has 0 unspecified atom stereocenters. The Balaban J connectivity index is 1.86. The average Bonchev–Trinajstić information content (AvgIpc) is 2.67. The van der Waals surface area contributed by atoms with Gasteiger partial charge in [-0.25, -0.2) is 12.8 Å². The van der Waals surface area contributed by atoms with E-state index >= 15 is 0 Å². The number of carbonyl (C=O) groups excluding carboxylic acids is 1. The highest BCUT2D eigenvalue weighted by Gasteiger charge is 2.18. The van der Waals surface area contributed by atoms with Crippen molar-refractivity contribution in [3.8, 4) is 0 Å². The van der Waals surface area contributed by atoms with E-state index in [-0.39, 0.29) is 10.5 Å². The fraction of sp³-hybridized carbons (Fsp3) is 0.0952. The van der Waals surface area contributed by atoms with Crippen LogP contribution in [0.4, 0.5) is 15.8 Å². The van der Waals surface area contributed by atoms with Gasteiger partial charge in [0.15, 0.2) is 0 Å². The van der Waals surface area contributed by atoms with Crippen LogP contribution in [-0.4, -0.2) is 14.3 Å². The number of halogens is 2. The van der Waals surface area contributed by atoms with Gasteiger partial charge in [-0.3, -0.25) is 9.52 Å². The lowest BCUT2D eigenvalue weighted by atomic mass is 10.1. The SMILES string of the molecule is Cc1ccc(Br)c(NS(=O)(=O)c2cccc(C(=O)Nc3ccc(F)cc3C)c2)c1. The predicted octanol–water partition coefficient (Wildman–Crippen LogP) is 5.26. The molecule has 8 heteroatoms. The number of rotatable bonds is 5. The smallest absolute Gasteiger partial charge is 0.261 e. The number of benzene rings is 3. The molecule has 0 aliphatic heterocycles. The van der Waals surface area contributed by atoms with Gasteiger partial charge in [0.25, 0.3) is 15.9 Å². The minimum atomic E-state index is -3.90. The van der Waals surface area contributed by atoms with Gasteiger partial charge in [-0.15, -0.1) is 0 Å². The first-order valence-corrected chi connectivity index (χ1v) is 10.9. The van der Waals surface area contributed by atoms with Crippen molar-refractivity contribution in [2.24, 2.45) is 0 Å². The normalized spacial score (nSPS) is 11.2. The number of aryl methyl sites for hydroxylation is 2. The Bertz CT molecular complexity index is 1200. The third kappa shape index (κ3) is 5.02. The number of nitrogens with one attached hydrogen (secondary N) is 2. The average molecular weight is 477 g/mol. The second-order valence-corrected chi connectivity index (χ2v) is 9.07. The van der Waals surface area contributed by atoms with E-state index in [9.17, 15) is 17.6 Å². The zero-order chi connectivity index (χ0) is 21.2. The van der Waals surface area contributed by atoms with Gasteiger partial charge in [0, 0.05) is 15.7 Å². The third-order valence-corrected chi connectivity index (χ3v) is 6.26. The second kappa shape index (κ2) is 8.34. The molecule has 5 nitrogen and oxygen atoms in total. The van der Waals surface area contributed by atoms with Crippen molar-refractivity contribution < 1.29 is 17.6 Å². The van der Waals surface area contributed by atoms with Crippen LogP contribution in [0.15, 0.2) is 70.0 Å². The van der Waals surface area contributed by atoms with Crippen LogP contribution < -0.4 is 10.0 Å². The number of hydrogen-bond donors (Lipinski definition) is 2. The first-order valence-electron chi connectivity index (χ1n) is 8.62. The van der Waals surface area contributed by atoms with Crippen molar-refractivity contribution >= 4 is 43.2 Å². The lowest BCUT2D eigenvalue weighted by Crippen LogP contribution is -2.16. The quantitative estimate of drug-likeness (QED) is 0.527. The summed E-state index contributed by atoms with van der Waals surface area (Å²) in [5, 5.41) is 2.67. The maximum Gasteiger partial charge on any atom is 0.261 e. The summed E-state index contributed by atoms with van der Waals surface area (Å²) in [5.41, 5.74) is 2.48. The predicted molar refractivity (Wildman–Crippen MR) is 115 cm³/mol. The molecule has 1 amide bonds. The molecule has 2 N–H and O–H groups in total. The van der Waals surface area contributed by atoms with Crippen LogP contribution in [0.5, 0.6) is 0 Å². The first kappa shape index (κ1) is 21.0. The Morgan fingerprint density at radius 2 is 1.72 bits per heavy atom. The summed E-state index contributed by atoms with van der Waals surface area (Å²) >= 11 is 3.32. The van der Waals surface area contributed by atoms with Crippen molar-refractivity contribution in [3.63, 3.8) is 0 Å². The van der Waals surface area contributed by atoms with E-state index in [1.165, 1.54) is 42.5 Å². The van der Waals surface area contributed by atoms with E-state index in [2.05, 4.69) is 26.0 Å². The van der Waals surface area contributed by atoms with Crippen LogP contribution in [0.2, 0.25) is 0 Å². The van der Waals surface area contributed by atoms with E-state index in [0.717, 1.165) is 5.56 Å². The van der Waals surface area contributed by atoms with Gasteiger partial charge in [-0.1, -0.05) is 12.1 Å².